The van der Waals surface area contributed by atoms with Gasteiger partial charge in [0.15, 0.2) is 0 Å². The molecule has 0 unspecified atom stereocenters. The van der Waals surface area contributed by atoms with E-state index in [9.17, 15) is 9.59 Å². The molecule has 4 N–H and O–H groups in total. The molecular formula is C13H16Cl2N4O2. The number of anilines is 1. The van der Waals surface area contributed by atoms with E-state index in [1.54, 1.807) is 0 Å². The molecule has 2 rings (SSSR count). The summed E-state index contributed by atoms with van der Waals surface area (Å²) in [4.78, 5) is 25.2. The van der Waals surface area contributed by atoms with Crippen LogP contribution in [0.3, 0.4) is 0 Å². The Morgan fingerprint density at radius 3 is 2.33 bits per heavy atom. The van der Waals surface area contributed by atoms with E-state index in [1.165, 1.54) is 12.1 Å². The second-order valence-electron chi connectivity index (χ2n) is 4.75. The van der Waals surface area contributed by atoms with Gasteiger partial charge < -0.3 is 16.4 Å². The van der Waals surface area contributed by atoms with Gasteiger partial charge in [0.2, 0.25) is 11.8 Å². The predicted molar refractivity (Wildman–Crippen MR) is 82.9 cm³/mol. The molecule has 1 aromatic carbocycles. The molecule has 0 saturated carbocycles. The summed E-state index contributed by atoms with van der Waals surface area (Å²) in [6, 6.07) is 2.77. The number of hydrogen-bond acceptors (Lipinski definition) is 4. The Bertz CT molecular complexity index is 536. The molecule has 2 amide bonds. The summed E-state index contributed by atoms with van der Waals surface area (Å²) >= 11 is 12.1. The fourth-order valence-electron chi connectivity index (χ4n) is 2.09. The zero-order chi connectivity index (χ0) is 15.4. The van der Waals surface area contributed by atoms with Gasteiger partial charge in [-0.2, -0.15) is 0 Å². The lowest BCUT2D eigenvalue weighted by Gasteiger charge is -2.26. The molecule has 8 heteroatoms. The van der Waals surface area contributed by atoms with Gasteiger partial charge in [0.1, 0.15) is 0 Å². The minimum absolute atomic E-state index is 0.185. The highest BCUT2D eigenvalue weighted by atomic mass is 35.5. The molecule has 1 saturated heterocycles. The lowest BCUT2D eigenvalue weighted by atomic mass is 10.2. The highest BCUT2D eigenvalue weighted by Crippen LogP contribution is 2.31. The van der Waals surface area contributed by atoms with Gasteiger partial charge in [-0.1, -0.05) is 23.2 Å². The third-order valence-corrected chi connectivity index (χ3v) is 3.76. The Balaban J connectivity index is 2.04. The van der Waals surface area contributed by atoms with E-state index in [0.29, 0.717) is 5.69 Å². The van der Waals surface area contributed by atoms with Crippen LogP contribution >= 0.6 is 23.2 Å². The van der Waals surface area contributed by atoms with Crippen LogP contribution in [0, 0.1) is 0 Å². The minimum atomic E-state index is -0.627. The average molecular weight is 331 g/mol. The summed E-state index contributed by atoms with van der Waals surface area (Å²) < 4.78 is 0. The van der Waals surface area contributed by atoms with E-state index < -0.39 is 5.91 Å². The molecule has 0 bridgehead atoms. The first-order chi connectivity index (χ1) is 9.97. The Kier molecular flexibility index (Phi) is 5.41. The topological polar surface area (TPSA) is 87.5 Å². The first-order valence-electron chi connectivity index (χ1n) is 6.49. The normalized spacial score (nSPS) is 15.7. The van der Waals surface area contributed by atoms with Crippen LogP contribution in [0.2, 0.25) is 10.0 Å². The average Bonchev–Trinajstić information content (AvgIpc) is 2.43. The Morgan fingerprint density at radius 2 is 1.81 bits per heavy atom. The van der Waals surface area contributed by atoms with Crippen LogP contribution in [-0.4, -0.2) is 49.4 Å². The second-order valence-corrected chi connectivity index (χ2v) is 5.57. The van der Waals surface area contributed by atoms with Crippen LogP contribution in [0.15, 0.2) is 12.1 Å². The fraction of sp³-hybridized carbons (Fsp3) is 0.385. The molecule has 1 fully saturated rings. The molecule has 1 aliphatic rings. The van der Waals surface area contributed by atoms with Crippen molar-refractivity contribution in [3.63, 3.8) is 0 Å². The third-order valence-electron chi connectivity index (χ3n) is 3.17. The summed E-state index contributed by atoms with van der Waals surface area (Å²) in [6.45, 7) is 3.63. The van der Waals surface area contributed by atoms with E-state index >= 15 is 0 Å². The highest BCUT2D eigenvalue weighted by Gasteiger charge is 2.17. The van der Waals surface area contributed by atoms with Crippen LogP contribution in [0.4, 0.5) is 5.69 Å². The predicted octanol–water partition coefficient (Wildman–Crippen LogP) is 0.936. The van der Waals surface area contributed by atoms with Gasteiger partial charge in [-0.3, -0.25) is 14.5 Å². The first-order valence-corrected chi connectivity index (χ1v) is 7.24. The van der Waals surface area contributed by atoms with Gasteiger partial charge >= 0.3 is 0 Å². The molecular weight excluding hydrogens is 315 g/mol. The number of carbonyl (C=O) groups is 2. The van der Waals surface area contributed by atoms with Crippen molar-refractivity contribution >= 4 is 40.7 Å². The molecule has 1 heterocycles. The zero-order valence-electron chi connectivity index (χ0n) is 11.3. The van der Waals surface area contributed by atoms with Crippen LogP contribution in [-0.2, 0) is 4.79 Å². The summed E-state index contributed by atoms with van der Waals surface area (Å²) in [6.07, 6.45) is 0. The Hall–Kier alpha value is -1.34. The van der Waals surface area contributed by atoms with E-state index in [0.717, 1.165) is 26.2 Å². The molecule has 114 valence electrons. The fourth-order valence-corrected chi connectivity index (χ4v) is 2.67. The lowest BCUT2D eigenvalue weighted by molar-refractivity contribution is -0.117. The highest BCUT2D eigenvalue weighted by molar-refractivity contribution is 6.40. The van der Waals surface area contributed by atoms with E-state index in [-0.39, 0.29) is 28.1 Å². The van der Waals surface area contributed by atoms with E-state index in [4.69, 9.17) is 28.9 Å². The van der Waals surface area contributed by atoms with Crippen molar-refractivity contribution in [2.75, 3.05) is 38.0 Å². The van der Waals surface area contributed by atoms with Gasteiger partial charge in [-0.05, 0) is 12.1 Å². The van der Waals surface area contributed by atoms with Crippen LogP contribution in [0.1, 0.15) is 10.4 Å². The van der Waals surface area contributed by atoms with Crippen molar-refractivity contribution in [3.05, 3.63) is 27.7 Å². The number of nitrogens with one attached hydrogen (secondary N) is 2. The number of amides is 2. The number of halogens is 2. The Labute approximate surface area is 132 Å². The van der Waals surface area contributed by atoms with Crippen LogP contribution < -0.4 is 16.4 Å². The molecule has 0 aromatic heterocycles. The van der Waals surface area contributed by atoms with Gasteiger partial charge in [0, 0.05) is 31.7 Å². The van der Waals surface area contributed by atoms with Gasteiger partial charge in [0.05, 0.1) is 22.3 Å². The maximum absolute atomic E-state index is 12.0. The summed E-state index contributed by atoms with van der Waals surface area (Å²) in [5.41, 5.74) is 5.66. The first kappa shape index (κ1) is 16.0. The molecule has 0 atom stereocenters. The number of rotatable bonds is 4. The van der Waals surface area contributed by atoms with Gasteiger partial charge in [-0.15, -0.1) is 0 Å². The van der Waals surface area contributed by atoms with Gasteiger partial charge in [-0.25, -0.2) is 0 Å². The number of nitrogens with two attached hydrogens (primary N) is 1. The van der Waals surface area contributed by atoms with Crippen molar-refractivity contribution < 1.29 is 9.59 Å². The number of primary amides is 1. The zero-order valence-corrected chi connectivity index (χ0v) is 12.8. The quantitative estimate of drug-likeness (QED) is 0.766. The van der Waals surface area contributed by atoms with Crippen molar-refractivity contribution in [3.8, 4) is 0 Å². The van der Waals surface area contributed by atoms with Crippen LogP contribution in [0.5, 0.6) is 0 Å². The number of hydrogen-bond donors (Lipinski definition) is 3. The van der Waals surface area contributed by atoms with E-state index in [1.807, 2.05) is 4.90 Å². The van der Waals surface area contributed by atoms with Gasteiger partial charge in [0.25, 0.3) is 0 Å². The number of nitrogens with zero attached hydrogens (tertiary/aromatic N) is 1. The molecule has 21 heavy (non-hydrogen) atoms. The largest absolute Gasteiger partial charge is 0.366 e. The van der Waals surface area contributed by atoms with Crippen molar-refractivity contribution in [2.24, 2.45) is 5.73 Å². The monoisotopic (exact) mass is 330 g/mol. The lowest BCUT2D eigenvalue weighted by Crippen LogP contribution is -2.46. The smallest absolute Gasteiger partial charge is 0.248 e. The molecule has 0 radical (unpaired) electrons. The van der Waals surface area contributed by atoms with Crippen molar-refractivity contribution in [2.45, 2.75) is 0 Å². The molecule has 0 spiro atoms. The SMILES string of the molecule is NC(=O)c1cc(Cl)c(NC(=O)CN2CCNCC2)c(Cl)c1. The number of benzene rings is 1. The number of carbonyl (C=O) groups excluding carboxylic acids is 2. The molecule has 0 aliphatic carbocycles. The summed E-state index contributed by atoms with van der Waals surface area (Å²) in [5, 5.41) is 6.26. The maximum Gasteiger partial charge on any atom is 0.248 e. The summed E-state index contributed by atoms with van der Waals surface area (Å²) in [7, 11) is 0. The molecule has 1 aromatic rings. The second kappa shape index (κ2) is 7.09. The minimum Gasteiger partial charge on any atom is -0.366 e. The maximum atomic E-state index is 12.0. The number of piperazine rings is 1. The van der Waals surface area contributed by atoms with E-state index in [2.05, 4.69) is 10.6 Å². The third kappa shape index (κ3) is 4.31. The van der Waals surface area contributed by atoms with Crippen molar-refractivity contribution in [1.82, 2.24) is 10.2 Å². The summed E-state index contributed by atoms with van der Waals surface area (Å²) in [5.74, 6) is -0.829. The Morgan fingerprint density at radius 1 is 1.24 bits per heavy atom. The standard InChI is InChI=1S/C13H16Cl2N4O2/c14-9-5-8(13(16)21)6-10(15)12(9)18-11(20)7-19-3-1-17-2-4-19/h5-6,17H,1-4,7H2,(H2,16,21)(H,18,20). The molecule has 1 aliphatic heterocycles. The van der Waals surface area contributed by atoms with Crippen molar-refractivity contribution in [1.29, 1.82) is 0 Å². The van der Waals surface area contributed by atoms with Crippen LogP contribution in [0.25, 0.3) is 0 Å². The molecule has 6 nitrogen and oxygen atoms in total.